The largest absolute Gasteiger partial charge is 4.00 e. The summed E-state index contributed by atoms with van der Waals surface area (Å²) in [5, 5.41) is 0. The van der Waals surface area contributed by atoms with Crippen LogP contribution in [0.1, 0.15) is 27.2 Å². The minimum atomic E-state index is 0. The zero-order valence-corrected chi connectivity index (χ0v) is 11.2. The maximum atomic E-state index is 3.26. The van der Waals surface area contributed by atoms with Crippen LogP contribution in [0.3, 0.4) is 0 Å². The summed E-state index contributed by atoms with van der Waals surface area (Å²) in [5.41, 5.74) is 4.25. The third-order valence-corrected chi connectivity index (χ3v) is 1.82. The zero-order valence-electron chi connectivity index (χ0n) is 7.34. The molecule has 0 aromatic rings. The van der Waals surface area contributed by atoms with Gasteiger partial charge >= 0.3 is 21.7 Å². The van der Waals surface area contributed by atoms with E-state index < -0.39 is 0 Å². The fourth-order valence-electron chi connectivity index (χ4n) is 0.850. The molecular weight excluding hydrogens is 250 g/mol. The first-order chi connectivity index (χ1) is 3.72. The summed E-state index contributed by atoms with van der Waals surface area (Å²) >= 11 is 0. The van der Waals surface area contributed by atoms with Gasteiger partial charge in [0.2, 0.25) is 0 Å². The molecule has 0 saturated heterocycles. The van der Waals surface area contributed by atoms with Crippen LogP contribution in [0.2, 0.25) is 0 Å². The molecular formula is C8H11Cl3Ti. The van der Waals surface area contributed by atoms with Crippen molar-refractivity contribution in [2.75, 3.05) is 0 Å². The van der Waals surface area contributed by atoms with Crippen molar-refractivity contribution in [1.29, 1.82) is 0 Å². The average Bonchev–Trinajstić information content (AvgIpc) is 1.98. The number of hydrogen-bond donors (Lipinski definition) is 0. The Morgan fingerprint density at radius 2 is 1.42 bits per heavy atom. The second-order valence-corrected chi connectivity index (χ2v) is 2.38. The topological polar surface area (TPSA) is 0 Å². The van der Waals surface area contributed by atoms with Crippen LogP contribution in [0.4, 0.5) is 0 Å². The quantitative estimate of drug-likeness (QED) is 0.301. The summed E-state index contributed by atoms with van der Waals surface area (Å²) in [6.45, 7) is 6.44. The second kappa shape index (κ2) is 10.1. The molecule has 0 fully saturated rings. The maximum Gasteiger partial charge on any atom is 4.00 e. The van der Waals surface area contributed by atoms with Gasteiger partial charge in [-0.2, -0.15) is 11.1 Å². The molecule has 0 atom stereocenters. The van der Waals surface area contributed by atoms with Crippen LogP contribution in [0.25, 0.3) is 0 Å². The van der Waals surface area contributed by atoms with E-state index in [2.05, 4.69) is 26.8 Å². The SMILES string of the molecule is CC1=[C-]CC(C)=C1C.[Cl-].[Cl-].[Cl-].[Ti+4]. The zero-order chi connectivity index (χ0) is 6.15. The Kier molecular flexibility index (Phi) is 19.6. The first-order valence-corrected chi connectivity index (χ1v) is 2.96. The standard InChI is InChI=1S/C8H11.3ClH.Ti/c1-6-4-5-7(2)8(6)3;;;;/h4H2,1-3H3;3*1H;/q-1;;;;+4/p-3. The van der Waals surface area contributed by atoms with Crippen LogP contribution in [0, 0.1) is 6.08 Å². The third kappa shape index (κ3) is 5.67. The summed E-state index contributed by atoms with van der Waals surface area (Å²) < 4.78 is 0. The normalized spacial score (nSPS) is 13.1. The molecule has 0 unspecified atom stereocenters. The van der Waals surface area contributed by atoms with E-state index in [1.807, 2.05) is 0 Å². The summed E-state index contributed by atoms with van der Waals surface area (Å²) in [5.74, 6) is 0. The minimum absolute atomic E-state index is 0. The van der Waals surface area contributed by atoms with Gasteiger partial charge in [-0.3, -0.25) is 6.08 Å². The van der Waals surface area contributed by atoms with Crippen molar-refractivity contribution < 1.29 is 58.9 Å². The van der Waals surface area contributed by atoms with Crippen molar-refractivity contribution in [1.82, 2.24) is 0 Å². The minimum Gasteiger partial charge on any atom is -1.00 e. The van der Waals surface area contributed by atoms with E-state index in [1.165, 1.54) is 16.7 Å². The molecule has 0 aliphatic heterocycles. The Hall–Kier alpha value is 1.06. The Bertz CT molecular complexity index is 168. The predicted molar refractivity (Wildman–Crippen MR) is 35.4 cm³/mol. The van der Waals surface area contributed by atoms with Crippen molar-refractivity contribution in [3.05, 3.63) is 22.8 Å². The van der Waals surface area contributed by atoms with Crippen molar-refractivity contribution >= 4 is 0 Å². The smallest absolute Gasteiger partial charge is 1.00 e. The predicted octanol–water partition coefficient (Wildman–Crippen LogP) is -6.51. The fourth-order valence-corrected chi connectivity index (χ4v) is 0.850. The van der Waals surface area contributed by atoms with Gasteiger partial charge < -0.3 is 37.2 Å². The molecule has 0 amide bonds. The Balaban J connectivity index is -0.0000000800. The molecule has 0 nitrogen and oxygen atoms in total. The van der Waals surface area contributed by atoms with Gasteiger partial charge in [-0.25, -0.2) is 5.57 Å². The molecule has 0 heterocycles. The molecule has 0 aromatic heterocycles. The van der Waals surface area contributed by atoms with Crippen LogP contribution >= 0.6 is 0 Å². The van der Waals surface area contributed by atoms with Gasteiger partial charge in [0.05, 0.1) is 0 Å². The first kappa shape index (κ1) is 23.1. The second-order valence-electron chi connectivity index (χ2n) is 2.38. The number of halogens is 3. The monoisotopic (exact) mass is 260 g/mol. The number of hydrogen-bond acceptors (Lipinski definition) is 0. The molecule has 12 heavy (non-hydrogen) atoms. The van der Waals surface area contributed by atoms with Crippen LogP contribution in [-0.2, 0) is 21.7 Å². The van der Waals surface area contributed by atoms with E-state index in [-0.39, 0.29) is 58.9 Å². The molecule has 1 aliphatic carbocycles. The molecule has 1 aliphatic rings. The van der Waals surface area contributed by atoms with Gasteiger partial charge in [0.1, 0.15) is 0 Å². The van der Waals surface area contributed by atoms with E-state index in [0.29, 0.717) is 0 Å². The molecule has 0 spiro atoms. The molecule has 0 saturated carbocycles. The van der Waals surface area contributed by atoms with Crippen LogP contribution in [0.15, 0.2) is 16.7 Å². The third-order valence-electron chi connectivity index (χ3n) is 1.82. The summed E-state index contributed by atoms with van der Waals surface area (Å²) in [4.78, 5) is 0. The van der Waals surface area contributed by atoms with Crippen LogP contribution in [-0.4, -0.2) is 0 Å². The van der Waals surface area contributed by atoms with E-state index in [9.17, 15) is 0 Å². The summed E-state index contributed by atoms with van der Waals surface area (Å²) in [7, 11) is 0. The van der Waals surface area contributed by atoms with Crippen molar-refractivity contribution in [2.45, 2.75) is 27.2 Å². The van der Waals surface area contributed by atoms with Crippen molar-refractivity contribution in [3.63, 3.8) is 0 Å². The molecule has 0 N–H and O–H groups in total. The Morgan fingerprint density at radius 1 is 1.00 bits per heavy atom. The van der Waals surface area contributed by atoms with Crippen molar-refractivity contribution in [2.24, 2.45) is 0 Å². The van der Waals surface area contributed by atoms with Crippen molar-refractivity contribution in [3.8, 4) is 0 Å². The Morgan fingerprint density at radius 3 is 1.50 bits per heavy atom. The molecule has 0 radical (unpaired) electrons. The van der Waals surface area contributed by atoms with Crippen LogP contribution in [0.5, 0.6) is 0 Å². The molecule has 4 heteroatoms. The van der Waals surface area contributed by atoms with Gasteiger partial charge in [-0.05, 0) is 0 Å². The van der Waals surface area contributed by atoms with Gasteiger partial charge in [0.15, 0.2) is 0 Å². The Labute approximate surface area is 108 Å². The molecule has 1 rings (SSSR count). The fraction of sp³-hybridized carbons (Fsp3) is 0.500. The summed E-state index contributed by atoms with van der Waals surface area (Å²) in [6, 6.07) is 0. The maximum absolute atomic E-state index is 3.26. The van der Waals surface area contributed by atoms with Crippen LogP contribution < -0.4 is 37.2 Å². The molecule has 0 bridgehead atoms. The van der Waals surface area contributed by atoms with Gasteiger partial charge in [-0.1, -0.05) is 13.8 Å². The van der Waals surface area contributed by atoms with E-state index in [0.717, 1.165) is 6.42 Å². The first-order valence-electron chi connectivity index (χ1n) is 2.96. The van der Waals surface area contributed by atoms with E-state index in [1.54, 1.807) is 0 Å². The van der Waals surface area contributed by atoms with E-state index >= 15 is 0 Å². The number of rotatable bonds is 0. The molecule has 68 valence electrons. The van der Waals surface area contributed by atoms with Gasteiger partial charge in [0.25, 0.3) is 0 Å². The number of allylic oxidation sites excluding steroid dienone is 4. The average molecular weight is 261 g/mol. The summed E-state index contributed by atoms with van der Waals surface area (Å²) in [6.07, 6.45) is 4.31. The van der Waals surface area contributed by atoms with E-state index in [4.69, 9.17) is 0 Å². The van der Waals surface area contributed by atoms with Gasteiger partial charge in [0, 0.05) is 0 Å². The molecule has 0 aromatic carbocycles. The van der Waals surface area contributed by atoms with Gasteiger partial charge in [-0.15, -0.1) is 13.3 Å².